The summed E-state index contributed by atoms with van der Waals surface area (Å²) in [6.45, 7) is 2.02. The van der Waals surface area contributed by atoms with E-state index in [1.807, 2.05) is 6.92 Å². The number of thiazole rings is 1. The van der Waals surface area contributed by atoms with Crippen LogP contribution in [0, 0.1) is 6.92 Å². The first-order valence-electron chi connectivity index (χ1n) is 5.34. The SMILES string of the molecule is Cc1ncsc1CNS(=O)(=O)c1ccc(N)cc1Cl. The number of sulfonamides is 1. The summed E-state index contributed by atoms with van der Waals surface area (Å²) in [7, 11) is -3.66. The molecular formula is C11H12ClN3O2S2. The average molecular weight is 318 g/mol. The quantitative estimate of drug-likeness (QED) is 0.846. The van der Waals surface area contributed by atoms with Crippen molar-refractivity contribution in [1.29, 1.82) is 0 Å². The van der Waals surface area contributed by atoms with E-state index >= 15 is 0 Å². The second-order valence-corrected chi connectivity index (χ2v) is 6.96. The van der Waals surface area contributed by atoms with Crippen LogP contribution in [0.15, 0.2) is 28.6 Å². The Hall–Kier alpha value is -1.15. The van der Waals surface area contributed by atoms with Crippen molar-refractivity contribution in [3.63, 3.8) is 0 Å². The molecule has 0 atom stereocenters. The molecule has 0 saturated carbocycles. The molecule has 8 heteroatoms. The van der Waals surface area contributed by atoms with Crippen molar-refractivity contribution in [2.75, 3.05) is 5.73 Å². The molecule has 0 amide bonds. The predicted octanol–water partition coefficient (Wildman–Crippen LogP) is 2.17. The number of nitrogens with zero attached hydrogens (tertiary/aromatic N) is 1. The van der Waals surface area contributed by atoms with Crippen molar-refractivity contribution >= 4 is 38.6 Å². The van der Waals surface area contributed by atoms with Crippen LogP contribution in [0.25, 0.3) is 0 Å². The monoisotopic (exact) mass is 317 g/mol. The highest BCUT2D eigenvalue weighted by Gasteiger charge is 2.18. The minimum Gasteiger partial charge on any atom is -0.399 e. The summed E-state index contributed by atoms with van der Waals surface area (Å²) in [5.74, 6) is 0. The number of nitrogen functional groups attached to an aromatic ring is 1. The number of benzene rings is 1. The van der Waals surface area contributed by atoms with Crippen LogP contribution in [0.3, 0.4) is 0 Å². The first-order chi connectivity index (χ1) is 8.90. The lowest BCUT2D eigenvalue weighted by atomic mass is 10.3. The molecule has 1 heterocycles. The fourth-order valence-electron chi connectivity index (χ4n) is 1.47. The lowest BCUT2D eigenvalue weighted by Crippen LogP contribution is -2.23. The summed E-state index contributed by atoms with van der Waals surface area (Å²) in [6.07, 6.45) is 0. The van der Waals surface area contributed by atoms with Gasteiger partial charge in [-0.1, -0.05) is 11.6 Å². The van der Waals surface area contributed by atoms with Crippen LogP contribution in [0.1, 0.15) is 10.6 Å². The standard InChI is InChI=1S/C11H12ClN3O2S2/c1-7-10(18-6-14-7)5-15-19(16,17)11-3-2-8(13)4-9(11)12/h2-4,6,15H,5,13H2,1H3. The summed E-state index contributed by atoms with van der Waals surface area (Å²) in [6, 6.07) is 4.30. The Balaban J connectivity index is 2.21. The van der Waals surface area contributed by atoms with Gasteiger partial charge in [0.2, 0.25) is 10.0 Å². The summed E-state index contributed by atoms with van der Waals surface area (Å²) >= 11 is 7.30. The van der Waals surface area contributed by atoms with Gasteiger partial charge in [0.05, 0.1) is 16.2 Å². The van der Waals surface area contributed by atoms with Gasteiger partial charge in [-0.15, -0.1) is 11.3 Å². The van der Waals surface area contributed by atoms with Crippen molar-refractivity contribution < 1.29 is 8.42 Å². The third-order valence-corrected chi connectivity index (χ3v) is 5.33. The number of hydrogen-bond acceptors (Lipinski definition) is 5. The molecule has 3 N–H and O–H groups in total. The van der Waals surface area contributed by atoms with Gasteiger partial charge in [-0.25, -0.2) is 18.1 Å². The van der Waals surface area contributed by atoms with Crippen LogP contribution in [-0.2, 0) is 16.6 Å². The molecule has 0 radical (unpaired) electrons. The van der Waals surface area contributed by atoms with Crippen LogP contribution in [0.5, 0.6) is 0 Å². The molecule has 0 aliphatic heterocycles. The van der Waals surface area contributed by atoms with Crippen LogP contribution >= 0.6 is 22.9 Å². The zero-order valence-electron chi connectivity index (χ0n) is 10.1. The summed E-state index contributed by atoms with van der Waals surface area (Å²) in [5.41, 5.74) is 8.45. The van der Waals surface area contributed by atoms with Crippen LogP contribution < -0.4 is 10.5 Å². The van der Waals surface area contributed by atoms with E-state index in [4.69, 9.17) is 17.3 Å². The van der Waals surface area contributed by atoms with Gasteiger partial charge in [-0.3, -0.25) is 0 Å². The number of halogens is 1. The molecule has 102 valence electrons. The van der Waals surface area contributed by atoms with E-state index in [1.54, 1.807) is 5.51 Å². The minimum atomic E-state index is -3.66. The number of hydrogen-bond donors (Lipinski definition) is 2. The normalized spacial score (nSPS) is 11.7. The number of nitrogens with one attached hydrogen (secondary N) is 1. The van der Waals surface area contributed by atoms with Crippen LogP contribution in [-0.4, -0.2) is 13.4 Å². The third-order valence-electron chi connectivity index (χ3n) is 2.51. The zero-order valence-corrected chi connectivity index (χ0v) is 12.4. The molecule has 0 saturated heterocycles. The maximum atomic E-state index is 12.1. The predicted molar refractivity (Wildman–Crippen MR) is 76.7 cm³/mol. The first-order valence-corrected chi connectivity index (χ1v) is 8.08. The van der Waals surface area contributed by atoms with E-state index in [9.17, 15) is 8.42 Å². The molecule has 0 bridgehead atoms. The molecule has 19 heavy (non-hydrogen) atoms. The van der Waals surface area contributed by atoms with Gasteiger partial charge >= 0.3 is 0 Å². The third kappa shape index (κ3) is 3.24. The molecule has 2 rings (SSSR count). The second-order valence-electron chi connectivity index (χ2n) is 3.88. The van der Waals surface area contributed by atoms with E-state index in [1.165, 1.54) is 29.5 Å². The largest absolute Gasteiger partial charge is 0.399 e. The molecule has 1 aromatic carbocycles. The van der Waals surface area contributed by atoms with E-state index in [0.29, 0.717) is 5.69 Å². The van der Waals surface area contributed by atoms with Gasteiger partial charge in [0.25, 0.3) is 0 Å². The topological polar surface area (TPSA) is 85.1 Å². The molecule has 0 unspecified atom stereocenters. The van der Waals surface area contributed by atoms with Crippen LogP contribution in [0.4, 0.5) is 5.69 Å². The Labute approximate surface area is 120 Å². The van der Waals surface area contributed by atoms with E-state index in [2.05, 4.69) is 9.71 Å². The Kier molecular flexibility index (Phi) is 4.10. The van der Waals surface area contributed by atoms with Crippen molar-refractivity contribution in [2.45, 2.75) is 18.4 Å². The minimum absolute atomic E-state index is 0.0190. The van der Waals surface area contributed by atoms with E-state index in [-0.39, 0.29) is 16.5 Å². The molecule has 2 aromatic rings. The lowest BCUT2D eigenvalue weighted by Gasteiger charge is -2.08. The van der Waals surface area contributed by atoms with Crippen LogP contribution in [0.2, 0.25) is 5.02 Å². The Morgan fingerprint density at radius 1 is 1.47 bits per heavy atom. The number of nitrogens with two attached hydrogens (primary N) is 1. The smallest absolute Gasteiger partial charge is 0.242 e. The maximum absolute atomic E-state index is 12.1. The number of aromatic nitrogens is 1. The molecule has 0 aliphatic rings. The molecule has 0 fully saturated rings. The first kappa shape index (κ1) is 14.3. The molecule has 0 spiro atoms. The van der Waals surface area contributed by atoms with E-state index in [0.717, 1.165) is 10.6 Å². The molecular weight excluding hydrogens is 306 g/mol. The van der Waals surface area contributed by atoms with Gasteiger partial charge in [-0.05, 0) is 25.1 Å². The van der Waals surface area contributed by atoms with Gasteiger partial charge in [-0.2, -0.15) is 0 Å². The summed E-state index contributed by atoms with van der Waals surface area (Å²) in [5, 5.41) is 0.105. The van der Waals surface area contributed by atoms with Crippen molar-refractivity contribution in [3.05, 3.63) is 39.3 Å². The summed E-state index contributed by atoms with van der Waals surface area (Å²) in [4.78, 5) is 4.95. The molecule has 5 nitrogen and oxygen atoms in total. The maximum Gasteiger partial charge on any atom is 0.242 e. The second kappa shape index (κ2) is 5.46. The highest BCUT2D eigenvalue weighted by molar-refractivity contribution is 7.89. The number of rotatable bonds is 4. The number of aryl methyl sites for hydroxylation is 1. The Bertz CT molecular complexity index is 698. The molecule has 0 aliphatic carbocycles. The number of anilines is 1. The Morgan fingerprint density at radius 3 is 2.79 bits per heavy atom. The molecule has 1 aromatic heterocycles. The highest BCUT2D eigenvalue weighted by Crippen LogP contribution is 2.24. The zero-order chi connectivity index (χ0) is 14.0. The lowest BCUT2D eigenvalue weighted by molar-refractivity contribution is 0.581. The van der Waals surface area contributed by atoms with Gasteiger partial charge in [0.1, 0.15) is 4.90 Å². The highest BCUT2D eigenvalue weighted by atomic mass is 35.5. The van der Waals surface area contributed by atoms with Gasteiger partial charge in [0, 0.05) is 17.1 Å². The fraction of sp³-hybridized carbons (Fsp3) is 0.182. The average Bonchev–Trinajstić information content (AvgIpc) is 2.72. The van der Waals surface area contributed by atoms with Crippen molar-refractivity contribution in [3.8, 4) is 0 Å². The van der Waals surface area contributed by atoms with Crippen molar-refractivity contribution in [2.24, 2.45) is 0 Å². The Morgan fingerprint density at radius 2 is 2.21 bits per heavy atom. The van der Waals surface area contributed by atoms with Gasteiger partial charge in [0.15, 0.2) is 0 Å². The van der Waals surface area contributed by atoms with Gasteiger partial charge < -0.3 is 5.73 Å². The fourth-order valence-corrected chi connectivity index (χ4v) is 3.82. The summed E-state index contributed by atoms with van der Waals surface area (Å²) < 4.78 is 26.7. The van der Waals surface area contributed by atoms with E-state index < -0.39 is 10.0 Å². The van der Waals surface area contributed by atoms with Crippen molar-refractivity contribution in [1.82, 2.24) is 9.71 Å².